The fraction of sp³-hybridized carbons (Fsp3) is 0.357. The van der Waals surface area contributed by atoms with Gasteiger partial charge in [-0.2, -0.15) is 0 Å². The Hall–Kier alpha value is -1.61. The van der Waals surface area contributed by atoms with Gasteiger partial charge >= 0.3 is 0 Å². The predicted molar refractivity (Wildman–Crippen MR) is 67.1 cm³/mol. The Bertz CT molecular complexity index is 379. The molecule has 1 aromatic carbocycles. The average Bonchev–Trinajstić information content (AvgIpc) is 2.36. The monoisotopic (exact) mass is 234 g/mol. The van der Waals surface area contributed by atoms with Crippen molar-refractivity contribution in [3.8, 4) is 5.75 Å². The molecule has 0 unspecified atom stereocenters. The van der Waals surface area contributed by atoms with Gasteiger partial charge in [0.1, 0.15) is 11.9 Å². The Balaban J connectivity index is 2.46. The maximum atomic E-state index is 11.4. The number of hydrogen-bond acceptors (Lipinski definition) is 3. The van der Waals surface area contributed by atoms with Crippen LogP contribution in [-0.4, -0.2) is 19.0 Å². The highest BCUT2D eigenvalue weighted by Gasteiger charge is 2.09. The van der Waals surface area contributed by atoms with Crippen molar-refractivity contribution in [2.75, 3.05) is 7.11 Å². The van der Waals surface area contributed by atoms with Crippen molar-refractivity contribution >= 4 is 5.78 Å². The smallest absolute Gasteiger partial charge is 0.183 e. The number of carbonyl (C=O) groups is 1. The lowest BCUT2D eigenvalue weighted by Gasteiger charge is -2.10. The molecule has 0 radical (unpaired) electrons. The summed E-state index contributed by atoms with van der Waals surface area (Å²) >= 11 is 0. The predicted octanol–water partition coefficient (Wildman–Crippen LogP) is 2.75. The zero-order valence-electron chi connectivity index (χ0n) is 10.5. The SMILES string of the molecule is C/C=C\C(=O)[C@H](C)OCc1ccc(OC)cc1. The Morgan fingerprint density at radius 1 is 1.35 bits per heavy atom. The summed E-state index contributed by atoms with van der Waals surface area (Å²) in [5.41, 5.74) is 1.02. The first-order valence-electron chi connectivity index (χ1n) is 5.58. The maximum absolute atomic E-state index is 11.4. The summed E-state index contributed by atoms with van der Waals surface area (Å²) in [6, 6.07) is 7.59. The van der Waals surface area contributed by atoms with Gasteiger partial charge in [-0.25, -0.2) is 0 Å². The van der Waals surface area contributed by atoms with E-state index < -0.39 is 6.10 Å². The Morgan fingerprint density at radius 2 is 2.00 bits per heavy atom. The van der Waals surface area contributed by atoms with Crippen molar-refractivity contribution in [1.82, 2.24) is 0 Å². The van der Waals surface area contributed by atoms with Gasteiger partial charge in [0, 0.05) is 0 Å². The van der Waals surface area contributed by atoms with Gasteiger partial charge < -0.3 is 9.47 Å². The maximum Gasteiger partial charge on any atom is 0.183 e. The molecule has 0 fully saturated rings. The van der Waals surface area contributed by atoms with Crippen LogP contribution in [0.15, 0.2) is 36.4 Å². The van der Waals surface area contributed by atoms with E-state index in [1.165, 1.54) is 6.08 Å². The van der Waals surface area contributed by atoms with E-state index in [1.807, 2.05) is 31.2 Å². The molecule has 3 nitrogen and oxygen atoms in total. The fourth-order valence-corrected chi connectivity index (χ4v) is 1.32. The van der Waals surface area contributed by atoms with Gasteiger partial charge in [0.05, 0.1) is 13.7 Å². The third-order valence-corrected chi connectivity index (χ3v) is 2.39. The van der Waals surface area contributed by atoms with Crippen LogP contribution in [0, 0.1) is 0 Å². The summed E-state index contributed by atoms with van der Waals surface area (Å²) in [7, 11) is 1.63. The lowest BCUT2D eigenvalue weighted by Crippen LogP contribution is -2.18. The molecule has 1 rings (SSSR count). The minimum atomic E-state index is -0.409. The highest BCUT2D eigenvalue weighted by Crippen LogP contribution is 2.12. The molecule has 0 spiro atoms. The molecule has 92 valence electrons. The van der Waals surface area contributed by atoms with Gasteiger partial charge in [0.2, 0.25) is 0 Å². The molecule has 0 aliphatic carbocycles. The van der Waals surface area contributed by atoms with Crippen molar-refractivity contribution in [3.05, 3.63) is 42.0 Å². The van der Waals surface area contributed by atoms with Crippen molar-refractivity contribution in [1.29, 1.82) is 0 Å². The molecule has 0 bridgehead atoms. The zero-order valence-corrected chi connectivity index (χ0v) is 10.5. The summed E-state index contributed by atoms with van der Waals surface area (Å²) in [5.74, 6) is 0.799. The second kappa shape index (κ2) is 6.86. The van der Waals surface area contributed by atoms with E-state index >= 15 is 0 Å². The van der Waals surface area contributed by atoms with E-state index in [9.17, 15) is 4.79 Å². The quantitative estimate of drug-likeness (QED) is 0.710. The molecule has 0 heterocycles. The van der Waals surface area contributed by atoms with Crippen LogP contribution in [0.5, 0.6) is 5.75 Å². The van der Waals surface area contributed by atoms with Crippen LogP contribution in [0.4, 0.5) is 0 Å². The number of hydrogen-bond donors (Lipinski definition) is 0. The molecule has 0 N–H and O–H groups in total. The normalized spacial score (nSPS) is 12.6. The number of benzene rings is 1. The molecule has 0 saturated carbocycles. The summed E-state index contributed by atoms with van der Waals surface area (Å²) in [5, 5.41) is 0. The van der Waals surface area contributed by atoms with Crippen LogP contribution < -0.4 is 4.74 Å². The topological polar surface area (TPSA) is 35.5 Å². The summed E-state index contributed by atoms with van der Waals surface area (Å²) in [6.45, 7) is 3.99. The largest absolute Gasteiger partial charge is 0.497 e. The molecule has 0 aromatic heterocycles. The molecule has 1 aromatic rings. The second-order valence-electron chi connectivity index (χ2n) is 3.70. The number of ketones is 1. The van der Waals surface area contributed by atoms with Crippen LogP contribution in [0.25, 0.3) is 0 Å². The van der Waals surface area contributed by atoms with Crippen LogP contribution in [-0.2, 0) is 16.1 Å². The summed E-state index contributed by atoms with van der Waals surface area (Å²) in [6.07, 6.45) is 2.84. The first-order chi connectivity index (χ1) is 8.17. The number of methoxy groups -OCH3 is 1. The van der Waals surface area contributed by atoms with Gasteiger partial charge in [0.25, 0.3) is 0 Å². The Kier molecular flexibility index (Phi) is 5.43. The molecular formula is C14H18O3. The fourth-order valence-electron chi connectivity index (χ4n) is 1.32. The van der Waals surface area contributed by atoms with Crippen LogP contribution in [0.3, 0.4) is 0 Å². The van der Waals surface area contributed by atoms with Crippen LogP contribution >= 0.6 is 0 Å². The van der Waals surface area contributed by atoms with Crippen LogP contribution in [0.1, 0.15) is 19.4 Å². The molecule has 3 heteroatoms. The Labute approximate surface area is 102 Å². The highest BCUT2D eigenvalue weighted by molar-refractivity contribution is 5.93. The number of carbonyl (C=O) groups excluding carboxylic acids is 1. The number of rotatable bonds is 6. The zero-order chi connectivity index (χ0) is 12.7. The third-order valence-electron chi connectivity index (χ3n) is 2.39. The molecule has 0 aliphatic rings. The minimum absolute atomic E-state index is 0.0130. The summed E-state index contributed by atoms with van der Waals surface area (Å²) < 4.78 is 10.5. The van der Waals surface area contributed by atoms with E-state index in [-0.39, 0.29) is 5.78 Å². The van der Waals surface area contributed by atoms with Crippen molar-refractivity contribution in [2.45, 2.75) is 26.6 Å². The van der Waals surface area contributed by atoms with Gasteiger partial charge in [-0.3, -0.25) is 4.79 Å². The van der Waals surface area contributed by atoms with Crippen LogP contribution in [0.2, 0.25) is 0 Å². The molecule has 0 aliphatic heterocycles. The number of ether oxygens (including phenoxy) is 2. The standard InChI is InChI=1S/C14H18O3/c1-4-5-14(15)11(2)17-10-12-6-8-13(16-3)9-7-12/h4-9,11H,10H2,1-3H3/b5-4-/t11-/m0/s1. The van der Waals surface area contributed by atoms with Crippen molar-refractivity contribution < 1.29 is 14.3 Å². The molecule has 1 atom stereocenters. The Morgan fingerprint density at radius 3 is 2.53 bits per heavy atom. The third kappa shape index (κ3) is 4.41. The molecule has 0 saturated heterocycles. The second-order valence-corrected chi connectivity index (χ2v) is 3.70. The van der Waals surface area contributed by atoms with E-state index in [2.05, 4.69) is 0 Å². The van der Waals surface area contributed by atoms with E-state index in [1.54, 1.807) is 20.1 Å². The van der Waals surface area contributed by atoms with E-state index in [0.717, 1.165) is 11.3 Å². The van der Waals surface area contributed by atoms with Gasteiger partial charge in [0.15, 0.2) is 5.78 Å². The van der Waals surface area contributed by atoms with Crippen molar-refractivity contribution in [2.24, 2.45) is 0 Å². The molecular weight excluding hydrogens is 216 g/mol. The number of allylic oxidation sites excluding steroid dienone is 1. The minimum Gasteiger partial charge on any atom is -0.497 e. The lowest BCUT2D eigenvalue weighted by molar-refractivity contribution is -0.125. The first-order valence-corrected chi connectivity index (χ1v) is 5.58. The summed E-state index contributed by atoms with van der Waals surface area (Å²) in [4.78, 5) is 11.4. The van der Waals surface area contributed by atoms with E-state index in [0.29, 0.717) is 6.61 Å². The van der Waals surface area contributed by atoms with Gasteiger partial charge in [-0.05, 0) is 37.6 Å². The first kappa shape index (κ1) is 13.5. The lowest BCUT2D eigenvalue weighted by atomic mass is 10.2. The van der Waals surface area contributed by atoms with Crippen molar-refractivity contribution in [3.63, 3.8) is 0 Å². The molecule has 0 amide bonds. The van der Waals surface area contributed by atoms with Gasteiger partial charge in [-0.15, -0.1) is 0 Å². The van der Waals surface area contributed by atoms with Gasteiger partial charge in [-0.1, -0.05) is 18.2 Å². The molecule has 17 heavy (non-hydrogen) atoms. The average molecular weight is 234 g/mol. The highest BCUT2D eigenvalue weighted by atomic mass is 16.5. The van der Waals surface area contributed by atoms with E-state index in [4.69, 9.17) is 9.47 Å².